The third kappa shape index (κ3) is 3.92. The van der Waals surface area contributed by atoms with E-state index in [1.165, 1.54) is 10.3 Å². The molecular formula is C22H19ClN2OS. The lowest BCUT2D eigenvalue weighted by Crippen LogP contribution is -1.99. The van der Waals surface area contributed by atoms with E-state index in [9.17, 15) is 0 Å². The summed E-state index contributed by atoms with van der Waals surface area (Å²) in [4.78, 5) is 4.74. The van der Waals surface area contributed by atoms with Crippen LogP contribution in [-0.2, 0) is 6.54 Å². The summed E-state index contributed by atoms with van der Waals surface area (Å²) in [5.74, 6) is 0.691. The summed E-state index contributed by atoms with van der Waals surface area (Å²) in [6, 6.07) is 20.6. The maximum atomic E-state index is 6.18. The van der Waals surface area contributed by atoms with Crippen LogP contribution in [0.3, 0.4) is 0 Å². The number of ether oxygens (including phenoxy) is 1. The van der Waals surface area contributed by atoms with Crippen molar-refractivity contribution in [3.8, 4) is 16.3 Å². The summed E-state index contributed by atoms with van der Waals surface area (Å²) in [7, 11) is 1.62. The molecule has 0 atom stereocenters. The summed E-state index contributed by atoms with van der Waals surface area (Å²) in [5, 5.41) is 5.09. The van der Waals surface area contributed by atoms with Gasteiger partial charge in [-0.2, -0.15) is 0 Å². The number of benzene rings is 3. The van der Waals surface area contributed by atoms with E-state index in [1.807, 2.05) is 18.2 Å². The van der Waals surface area contributed by atoms with Crippen molar-refractivity contribution in [3.63, 3.8) is 0 Å². The fourth-order valence-corrected chi connectivity index (χ4v) is 4.26. The Balaban J connectivity index is 1.47. The Bertz CT molecular complexity index is 1090. The number of aryl methyl sites for hydroxylation is 1. The van der Waals surface area contributed by atoms with E-state index in [0.29, 0.717) is 17.3 Å². The van der Waals surface area contributed by atoms with Gasteiger partial charge in [0.25, 0.3) is 0 Å². The number of thiazole rings is 1. The van der Waals surface area contributed by atoms with Crippen LogP contribution in [-0.4, -0.2) is 12.1 Å². The van der Waals surface area contributed by atoms with Crippen molar-refractivity contribution in [1.82, 2.24) is 4.98 Å². The second kappa shape index (κ2) is 7.59. The average molecular weight is 395 g/mol. The second-order valence-corrected chi connectivity index (χ2v) is 7.83. The smallest absolute Gasteiger partial charge is 0.137 e. The molecule has 0 saturated carbocycles. The molecule has 0 radical (unpaired) electrons. The van der Waals surface area contributed by atoms with Crippen molar-refractivity contribution in [2.75, 3.05) is 12.4 Å². The average Bonchev–Trinajstić information content (AvgIpc) is 3.10. The summed E-state index contributed by atoms with van der Waals surface area (Å²) < 4.78 is 6.41. The van der Waals surface area contributed by atoms with Gasteiger partial charge in [0.05, 0.1) is 22.3 Å². The predicted molar refractivity (Wildman–Crippen MR) is 115 cm³/mol. The van der Waals surface area contributed by atoms with E-state index < -0.39 is 0 Å². The van der Waals surface area contributed by atoms with Gasteiger partial charge >= 0.3 is 0 Å². The van der Waals surface area contributed by atoms with Crippen LogP contribution in [0.25, 0.3) is 20.8 Å². The van der Waals surface area contributed by atoms with E-state index in [2.05, 4.69) is 54.7 Å². The van der Waals surface area contributed by atoms with E-state index in [4.69, 9.17) is 21.3 Å². The fraction of sp³-hybridized carbons (Fsp3) is 0.136. The first kappa shape index (κ1) is 17.8. The maximum Gasteiger partial charge on any atom is 0.137 e. The molecule has 0 aliphatic heterocycles. The summed E-state index contributed by atoms with van der Waals surface area (Å²) >= 11 is 7.91. The van der Waals surface area contributed by atoms with Gasteiger partial charge in [-0.3, -0.25) is 0 Å². The van der Waals surface area contributed by atoms with Crippen molar-refractivity contribution < 1.29 is 4.74 Å². The molecule has 136 valence electrons. The number of fused-ring (bicyclic) bond motifs is 1. The maximum absolute atomic E-state index is 6.18. The molecule has 0 aliphatic rings. The Morgan fingerprint density at radius 2 is 1.85 bits per heavy atom. The zero-order chi connectivity index (χ0) is 18.8. The van der Waals surface area contributed by atoms with Crippen LogP contribution in [0, 0.1) is 6.92 Å². The summed E-state index contributed by atoms with van der Waals surface area (Å²) in [6.45, 7) is 2.80. The number of aromatic nitrogens is 1. The Hall–Kier alpha value is -2.56. The van der Waals surface area contributed by atoms with Gasteiger partial charge in [-0.25, -0.2) is 4.98 Å². The van der Waals surface area contributed by atoms with Crippen LogP contribution in [0.5, 0.6) is 5.75 Å². The van der Waals surface area contributed by atoms with Gasteiger partial charge in [-0.1, -0.05) is 23.7 Å². The van der Waals surface area contributed by atoms with Crippen LogP contribution in [0.2, 0.25) is 5.02 Å². The zero-order valence-corrected chi connectivity index (χ0v) is 16.7. The lowest BCUT2D eigenvalue weighted by molar-refractivity contribution is 0.415. The highest BCUT2D eigenvalue weighted by atomic mass is 35.5. The van der Waals surface area contributed by atoms with Crippen LogP contribution in [0.15, 0.2) is 60.7 Å². The molecule has 27 heavy (non-hydrogen) atoms. The monoisotopic (exact) mass is 394 g/mol. The number of rotatable bonds is 5. The van der Waals surface area contributed by atoms with Crippen LogP contribution in [0.1, 0.15) is 11.1 Å². The molecule has 0 unspecified atom stereocenters. The first-order valence-electron chi connectivity index (χ1n) is 8.66. The van der Waals surface area contributed by atoms with Crippen LogP contribution in [0.4, 0.5) is 5.69 Å². The highest BCUT2D eigenvalue weighted by Gasteiger charge is 2.07. The summed E-state index contributed by atoms with van der Waals surface area (Å²) in [6.07, 6.45) is 0. The molecule has 0 amide bonds. The fourth-order valence-electron chi connectivity index (χ4n) is 2.91. The van der Waals surface area contributed by atoms with E-state index in [-0.39, 0.29) is 0 Å². The normalized spacial score (nSPS) is 10.9. The van der Waals surface area contributed by atoms with E-state index >= 15 is 0 Å². The molecule has 5 heteroatoms. The van der Waals surface area contributed by atoms with Gasteiger partial charge in [0, 0.05) is 17.8 Å². The van der Waals surface area contributed by atoms with Crippen LogP contribution < -0.4 is 10.1 Å². The molecule has 1 N–H and O–H groups in total. The highest BCUT2D eigenvalue weighted by molar-refractivity contribution is 7.21. The molecule has 0 fully saturated rings. The minimum absolute atomic E-state index is 0.623. The minimum Gasteiger partial charge on any atom is -0.495 e. The molecule has 1 heterocycles. The number of nitrogens with zero attached hydrogens (tertiary/aromatic N) is 1. The lowest BCUT2D eigenvalue weighted by atomic mass is 10.2. The Morgan fingerprint density at radius 3 is 2.59 bits per heavy atom. The standard InChI is InChI=1S/C22H19ClN2OS/c1-14-3-9-19-21(11-14)27-22(25-19)16-5-7-17(8-6-16)24-13-15-4-10-20(26-2)18(23)12-15/h3-12,24H,13H2,1-2H3. The molecule has 0 aliphatic carbocycles. The number of hydrogen-bond acceptors (Lipinski definition) is 4. The number of anilines is 1. The van der Waals surface area contributed by atoms with Gasteiger partial charge < -0.3 is 10.1 Å². The van der Waals surface area contributed by atoms with Crippen molar-refractivity contribution in [2.24, 2.45) is 0 Å². The molecular weight excluding hydrogens is 376 g/mol. The molecule has 4 rings (SSSR count). The Morgan fingerprint density at radius 1 is 1.04 bits per heavy atom. The molecule has 4 aromatic rings. The van der Waals surface area contributed by atoms with Gasteiger partial charge in [-0.05, 0) is 66.6 Å². The third-order valence-corrected chi connectivity index (χ3v) is 5.75. The lowest BCUT2D eigenvalue weighted by Gasteiger charge is -2.09. The molecule has 0 saturated heterocycles. The van der Waals surface area contributed by atoms with Gasteiger partial charge in [0.15, 0.2) is 0 Å². The Labute approximate surface area is 167 Å². The highest BCUT2D eigenvalue weighted by Crippen LogP contribution is 2.31. The SMILES string of the molecule is COc1ccc(CNc2ccc(-c3nc4ccc(C)cc4s3)cc2)cc1Cl. The number of methoxy groups -OCH3 is 1. The first-order valence-corrected chi connectivity index (χ1v) is 9.86. The van der Waals surface area contributed by atoms with Crippen molar-refractivity contribution in [1.29, 1.82) is 0 Å². The van der Waals surface area contributed by atoms with Crippen molar-refractivity contribution in [2.45, 2.75) is 13.5 Å². The third-order valence-electron chi connectivity index (χ3n) is 4.39. The van der Waals surface area contributed by atoms with Gasteiger partial charge in [0.1, 0.15) is 10.8 Å². The van der Waals surface area contributed by atoms with E-state index in [1.54, 1.807) is 18.4 Å². The quantitative estimate of drug-likeness (QED) is 0.417. The minimum atomic E-state index is 0.623. The molecule has 1 aromatic heterocycles. The number of halogens is 1. The van der Waals surface area contributed by atoms with Crippen molar-refractivity contribution >= 4 is 38.8 Å². The van der Waals surface area contributed by atoms with Crippen molar-refractivity contribution in [3.05, 3.63) is 76.8 Å². The number of nitrogens with one attached hydrogen (secondary N) is 1. The summed E-state index contributed by atoms with van der Waals surface area (Å²) in [5.41, 5.74) is 5.61. The zero-order valence-electron chi connectivity index (χ0n) is 15.1. The first-order chi connectivity index (χ1) is 13.1. The van der Waals surface area contributed by atoms with Crippen LogP contribution >= 0.6 is 22.9 Å². The van der Waals surface area contributed by atoms with Gasteiger partial charge in [0.2, 0.25) is 0 Å². The molecule has 0 bridgehead atoms. The molecule has 3 aromatic carbocycles. The Kier molecular flexibility index (Phi) is 5.01. The van der Waals surface area contributed by atoms with Gasteiger partial charge in [-0.15, -0.1) is 11.3 Å². The van der Waals surface area contributed by atoms with E-state index in [0.717, 1.165) is 27.3 Å². The number of hydrogen-bond donors (Lipinski definition) is 1. The topological polar surface area (TPSA) is 34.1 Å². The predicted octanol–water partition coefficient (Wildman–Crippen LogP) is 6.55. The molecule has 3 nitrogen and oxygen atoms in total. The molecule has 0 spiro atoms. The largest absolute Gasteiger partial charge is 0.495 e. The second-order valence-electron chi connectivity index (χ2n) is 6.39.